The topological polar surface area (TPSA) is 98.9 Å². The van der Waals surface area contributed by atoms with Crippen molar-refractivity contribution in [1.29, 1.82) is 10.7 Å². The van der Waals surface area contributed by atoms with E-state index in [1.807, 2.05) is 26.8 Å². The molecular weight excluding hydrogens is 256 g/mol. The Balaban J connectivity index is 0.000000441. The Kier molecular flexibility index (Phi) is 7.60. The van der Waals surface area contributed by atoms with Gasteiger partial charge in [0.05, 0.1) is 18.2 Å². The highest BCUT2D eigenvalue weighted by Crippen LogP contribution is 2.12. The van der Waals surface area contributed by atoms with Crippen LogP contribution in [0.3, 0.4) is 0 Å². The van der Waals surface area contributed by atoms with Crippen molar-refractivity contribution >= 4 is 18.0 Å². The molecule has 0 atom stereocenters. The van der Waals surface area contributed by atoms with Crippen LogP contribution in [-0.4, -0.2) is 29.8 Å². The third-order valence-electron chi connectivity index (χ3n) is 2.03. The van der Waals surface area contributed by atoms with Gasteiger partial charge in [-0.25, -0.2) is 4.98 Å². The molecule has 20 heavy (non-hydrogen) atoms. The monoisotopic (exact) mass is 276 g/mol. The fraction of sp³-hybridized carbons (Fsp3) is 0.429. The molecule has 0 aliphatic rings. The number of nitriles is 1. The number of anilines is 1. The summed E-state index contributed by atoms with van der Waals surface area (Å²) < 4.78 is 4.55. The van der Waals surface area contributed by atoms with E-state index in [-0.39, 0.29) is 12.0 Å². The lowest BCUT2D eigenvalue weighted by Gasteiger charge is -2.14. The standard InChI is InChI=1S/C9H10N4.C5H10O2/c1-12-9-7(3-2-6-13-9)8(11)4-5-10;1-5(2,3)7-4-6/h2-3,6,11H,4H2,1H3,(H,12,13);4H,1-3H3. The highest BCUT2D eigenvalue weighted by atomic mass is 16.5. The van der Waals surface area contributed by atoms with Crippen molar-refractivity contribution in [2.45, 2.75) is 32.8 Å². The number of hydrogen-bond acceptors (Lipinski definition) is 6. The van der Waals surface area contributed by atoms with Gasteiger partial charge in [-0.05, 0) is 32.9 Å². The zero-order chi connectivity index (χ0) is 15.6. The third kappa shape index (κ3) is 7.11. The molecule has 0 saturated carbocycles. The molecule has 0 spiro atoms. The molecule has 1 aromatic rings. The van der Waals surface area contributed by atoms with Crippen molar-refractivity contribution in [2.24, 2.45) is 0 Å². The minimum atomic E-state index is -0.318. The Bertz CT molecular complexity index is 487. The van der Waals surface area contributed by atoms with Crippen LogP contribution < -0.4 is 5.32 Å². The van der Waals surface area contributed by atoms with Gasteiger partial charge in [-0.1, -0.05) is 0 Å². The molecule has 1 aromatic heterocycles. The number of carbonyl (C=O) groups is 1. The van der Waals surface area contributed by atoms with Crippen molar-refractivity contribution in [3.05, 3.63) is 23.9 Å². The van der Waals surface area contributed by atoms with Gasteiger partial charge in [-0.2, -0.15) is 5.26 Å². The van der Waals surface area contributed by atoms with Crippen molar-refractivity contribution in [3.63, 3.8) is 0 Å². The van der Waals surface area contributed by atoms with Crippen molar-refractivity contribution in [3.8, 4) is 6.07 Å². The van der Waals surface area contributed by atoms with Gasteiger partial charge in [0, 0.05) is 18.8 Å². The van der Waals surface area contributed by atoms with Gasteiger partial charge in [0.25, 0.3) is 6.47 Å². The lowest BCUT2D eigenvalue weighted by molar-refractivity contribution is -0.138. The highest BCUT2D eigenvalue weighted by molar-refractivity contribution is 6.03. The van der Waals surface area contributed by atoms with Crippen LogP contribution in [0.15, 0.2) is 18.3 Å². The molecule has 0 aromatic carbocycles. The first-order valence-electron chi connectivity index (χ1n) is 6.04. The molecule has 6 nitrogen and oxygen atoms in total. The van der Waals surface area contributed by atoms with Crippen LogP contribution in [0.2, 0.25) is 0 Å². The van der Waals surface area contributed by atoms with E-state index in [0.29, 0.717) is 23.6 Å². The summed E-state index contributed by atoms with van der Waals surface area (Å²) >= 11 is 0. The normalized spacial score (nSPS) is 9.55. The Labute approximate surface area is 119 Å². The van der Waals surface area contributed by atoms with Gasteiger partial charge in [0.2, 0.25) is 0 Å². The molecule has 2 N–H and O–H groups in total. The summed E-state index contributed by atoms with van der Waals surface area (Å²) in [5.41, 5.74) is 0.661. The first kappa shape index (κ1) is 17.6. The van der Waals surface area contributed by atoms with Gasteiger partial charge < -0.3 is 15.5 Å². The van der Waals surface area contributed by atoms with Gasteiger partial charge in [-0.15, -0.1) is 0 Å². The smallest absolute Gasteiger partial charge is 0.293 e. The Morgan fingerprint density at radius 1 is 1.60 bits per heavy atom. The van der Waals surface area contributed by atoms with E-state index < -0.39 is 0 Å². The van der Waals surface area contributed by atoms with Crippen molar-refractivity contribution in [1.82, 2.24) is 4.98 Å². The van der Waals surface area contributed by atoms with Crippen LogP contribution in [0.5, 0.6) is 0 Å². The lowest BCUT2D eigenvalue weighted by Crippen LogP contribution is -2.17. The van der Waals surface area contributed by atoms with E-state index >= 15 is 0 Å². The molecule has 0 fully saturated rings. The van der Waals surface area contributed by atoms with E-state index in [0.717, 1.165) is 0 Å². The Morgan fingerprint density at radius 3 is 2.65 bits per heavy atom. The highest BCUT2D eigenvalue weighted by Gasteiger charge is 2.07. The zero-order valence-corrected chi connectivity index (χ0v) is 12.2. The first-order valence-corrected chi connectivity index (χ1v) is 6.04. The maximum atomic E-state index is 9.60. The van der Waals surface area contributed by atoms with Crippen LogP contribution in [-0.2, 0) is 9.53 Å². The third-order valence-corrected chi connectivity index (χ3v) is 2.03. The summed E-state index contributed by atoms with van der Waals surface area (Å²) in [6, 6.07) is 5.47. The molecule has 6 heteroatoms. The minimum Gasteiger partial charge on any atom is -0.462 e. The molecular formula is C14H20N4O2. The second-order valence-corrected chi connectivity index (χ2v) is 4.79. The number of nitrogens with zero attached hydrogens (tertiary/aromatic N) is 2. The first-order chi connectivity index (χ1) is 9.35. The van der Waals surface area contributed by atoms with Crippen LogP contribution in [0.4, 0.5) is 5.82 Å². The summed E-state index contributed by atoms with van der Waals surface area (Å²) in [4.78, 5) is 13.6. The molecule has 0 radical (unpaired) electrons. The molecule has 1 rings (SSSR count). The second kappa shape index (κ2) is 8.64. The van der Waals surface area contributed by atoms with Crippen LogP contribution in [0.25, 0.3) is 0 Å². The van der Waals surface area contributed by atoms with Gasteiger partial charge in [-0.3, -0.25) is 4.79 Å². The van der Waals surface area contributed by atoms with E-state index in [1.54, 1.807) is 25.4 Å². The maximum Gasteiger partial charge on any atom is 0.293 e. The number of aromatic nitrogens is 1. The van der Waals surface area contributed by atoms with Crippen molar-refractivity contribution < 1.29 is 9.53 Å². The van der Waals surface area contributed by atoms with Gasteiger partial charge in [0.1, 0.15) is 11.4 Å². The molecule has 0 bridgehead atoms. The quantitative estimate of drug-likeness (QED) is 0.649. The molecule has 108 valence electrons. The molecule has 1 heterocycles. The molecule has 0 amide bonds. The predicted molar refractivity (Wildman–Crippen MR) is 77.7 cm³/mol. The number of carbonyl (C=O) groups excluding carboxylic acids is 1. The number of hydrogen-bond donors (Lipinski definition) is 2. The fourth-order valence-corrected chi connectivity index (χ4v) is 1.17. The second-order valence-electron chi connectivity index (χ2n) is 4.79. The number of ether oxygens (including phenoxy) is 1. The summed E-state index contributed by atoms with van der Waals surface area (Å²) in [7, 11) is 1.74. The number of pyridine rings is 1. The molecule has 0 unspecified atom stereocenters. The Morgan fingerprint density at radius 2 is 2.25 bits per heavy atom. The van der Waals surface area contributed by atoms with Gasteiger partial charge >= 0.3 is 0 Å². The predicted octanol–water partition coefficient (Wildman–Crippen LogP) is 2.36. The number of rotatable bonds is 4. The number of nitrogens with one attached hydrogen (secondary N) is 2. The van der Waals surface area contributed by atoms with E-state index in [4.69, 9.17) is 10.7 Å². The summed E-state index contributed by atoms with van der Waals surface area (Å²) in [6.07, 6.45) is 1.76. The summed E-state index contributed by atoms with van der Waals surface area (Å²) in [6.45, 7) is 5.92. The van der Waals surface area contributed by atoms with Crippen molar-refractivity contribution in [2.75, 3.05) is 12.4 Å². The SMILES string of the molecule is CC(C)(C)OC=O.CNc1ncccc1C(=N)CC#N. The van der Waals surface area contributed by atoms with E-state index in [1.165, 1.54) is 0 Å². The molecule has 0 saturated heterocycles. The van der Waals surface area contributed by atoms with Crippen LogP contribution in [0.1, 0.15) is 32.8 Å². The molecule has 0 aliphatic carbocycles. The van der Waals surface area contributed by atoms with Crippen LogP contribution in [0, 0.1) is 16.7 Å². The maximum absolute atomic E-state index is 9.60. The average molecular weight is 276 g/mol. The fourth-order valence-electron chi connectivity index (χ4n) is 1.17. The van der Waals surface area contributed by atoms with Gasteiger partial charge in [0.15, 0.2) is 0 Å². The van der Waals surface area contributed by atoms with E-state index in [9.17, 15) is 4.79 Å². The van der Waals surface area contributed by atoms with Crippen LogP contribution >= 0.6 is 0 Å². The summed E-state index contributed by atoms with van der Waals surface area (Å²) in [5, 5.41) is 18.9. The largest absolute Gasteiger partial charge is 0.462 e. The summed E-state index contributed by atoms with van der Waals surface area (Å²) in [5.74, 6) is 0.641. The zero-order valence-electron chi connectivity index (χ0n) is 12.2. The molecule has 0 aliphatic heterocycles. The minimum absolute atomic E-state index is 0.111. The Hall–Kier alpha value is -2.42. The lowest BCUT2D eigenvalue weighted by atomic mass is 10.1. The average Bonchev–Trinajstić information content (AvgIpc) is 2.38. The van der Waals surface area contributed by atoms with E-state index in [2.05, 4.69) is 15.0 Å².